The monoisotopic (exact) mass is 247 g/mol. The molecule has 0 fully saturated rings. The molecule has 0 aliphatic carbocycles. The summed E-state index contributed by atoms with van der Waals surface area (Å²) in [5.41, 5.74) is 1.27. The van der Waals surface area contributed by atoms with Gasteiger partial charge in [0.05, 0.1) is 12.1 Å². The lowest BCUT2D eigenvalue weighted by molar-refractivity contribution is 0.0718. The molecule has 0 spiro atoms. The van der Waals surface area contributed by atoms with Crippen molar-refractivity contribution < 1.29 is 9.90 Å². The molecule has 0 aliphatic heterocycles. The zero-order valence-corrected chi connectivity index (χ0v) is 10.4. The van der Waals surface area contributed by atoms with E-state index in [-0.39, 0.29) is 12.5 Å². The predicted octanol–water partition coefficient (Wildman–Crippen LogP) is 1.41. The largest absolute Gasteiger partial charge is 0.395 e. The molecule has 2 aromatic rings. The molecule has 1 aromatic heterocycles. The Kier molecular flexibility index (Phi) is 3.94. The van der Waals surface area contributed by atoms with Crippen molar-refractivity contribution in [3.05, 3.63) is 30.0 Å². The number of rotatable bonds is 5. The molecule has 1 heterocycles. The summed E-state index contributed by atoms with van der Waals surface area (Å²) < 4.78 is 0. The average Bonchev–Trinajstić information content (AvgIpc) is 2.81. The van der Waals surface area contributed by atoms with Crippen molar-refractivity contribution in [3.63, 3.8) is 0 Å². The fraction of sp³-hybridized carbons (Fsp3) is 0.385. The van der Waals surface area contributed by atoms with Crippen LogP contribution in [0.4, 0.5) is 0 Å². The molecule has 18 heavy (non-hydrogen) atoms. The lowest BCUT2D eigenvalue weighted by Gasteiger charge is -2.19. The lowest BCUT2D eigenvalue weighted by Crippen LogP contribution is -2.34. The molecule has 5 heteroatoms. The summed E-state index contributed by atoms with van der Waals surface area (Å²) in [7, 11) is 0. The van der Waals surface area contributed by atoms with Gasteiger partial charge in [-0.25, -0.2) is 0 Å². The van der Waals surface area contributed by atoms with Gasteiger partial charge in [-0.2, -0.15) is 5.10 Å². The molecule has 0 radical (unpaired) electrons. The second kappa shape index (κ2) is 5.64. The van der Waals surface area contributed by atoms with Gasteiger partial charge in [0, 0.05) is 18.5 Å². The number of fused-ring (bicyclic) bond motifs is 1. The van der Waals surface area contributed by atoms with Gasteiger partial charge < -0.3 is 10.0 Å². The van der Waals surface area contributed by atoms with E-state index in [0.29, 0.717) is 18.8 Å². The normalized spacial score (nSPS) is 10.8. The average molecular weight is 247 g/mol. The van der Waals surface area contributed by atoms with E-state index in [4.69, 9.17) is 5.11 Å². The zero-order chi connectivity index (χ0) is 13.0. The van der Waals surface area contributed by atoms with Gasteiger partial charge in [-0.1, -0.05) is 25.1 Å². The fourth-order valence-electron chi connectivity index (χ4n) is 1.98. The molecule has 0 aliphatic rings. The highest BCUT2D eigenvalue weighted by molar-refractivity contribution is 6.04. The number of aliphatic hydroxyl groups excluding tert-OH is 1. The van der Waals surface area contributed by atoms with Crippen molar-refractivity contribution in [2.24, 2.45) is 0 Å². The number of hydrogen-bond acceptors (Lipinski definition) is 3. The summed E-state index contributed by atoms with van der Waals surface area (Å²) >= 11 is 0. The molecule has 2 N–H and O–H groups in total. The molecular weight excluding hydrogens is 230 g/mol. The van der Waals surface area contributed by atoms with E-state index >= 15 is 0 Å². The molecule has 96 valence electrons. The first kappa shape index (κ1) is 12.6. The molecule has 0 saturated carbocycles. The molecule has 0 unspecified atom stereocenters. The number of H-pyrrole nitrogens is 1. The second-order valence-corrected chi connectivity index (χ2v) is 4.13. The molecular formula is C13H17N3O2. The SMILES string of the molecule is CCCN(CCO)C(=O)c1n[nH]c2ccccc12. The minimum absolute atomic E-state index is 0.0336. The summed E-state index contributed by atoms with van der Waals surface area (Å²) in [6.45, 7) is 2.93. The van der Waals surface area contributed by atoms with Crippen LogP contribution in [0.25, 0.3) is 10.9 Å². The number of nitrogens with zero attached hydrogens (tertiary/aromatic N) is 2. The number of carbonyl (C=O) groups excluding carboxylic acids is 1. The van der Waals surface area contributed by atoms with Gasteiger partial charge in [0.2, 0.25) is 0 Å². The van der Waals surface area contributed by atoms with E-state index in [2.05, 4.69) is 10.2 Å². The van der Waals surface area contributed by atoms with E-state index in [1.54, 1.807) is 4.90 Å². The highest BCUT2D eigenvalue weighted by Crippen LogP contribution is 2.16. The van der Waals surface area contributed by atoms with E-state index in [1.807, 2.05) is 31.2 Å². The van der Waals surface area contributed by atoms with Crippen LogP contribution in [0, 0.1) is 0 Å². The van der Waals surface area contributed by atoms with Gasteiger partial charge in [-0.15, -0.1) is 0 Å². The van der Waals surface area contributed by atoms with Gasteiger partial charge in [0.1, 0.15) is 0 Å². The number of aliphatic hydroxyl groups is 1. The minimum atomic E-state index is -0.136. The highest BCUT2D eigenvalue weighted by Gasteiger charge is 2.19. The third-order valence-electron chi connectivity index (χ3n) is 2.82. The van der Waals surface area contributed by atoms with Gasteiger partial charge in [0.15, 0.2) is 5.69 Å². The van der Waals surface area contributed by atoms with Crippen LogP contribution in [-0.2, 0) is 0 Å². The molecule has 2 rings (SSSR count). The Morgan fingerprint density at radius 1 is 1.39 bits per heavy atom. The fourth-order valence-corrected chi connectivity index (χ4v) is 1.98. The van der Waals surface area contributed by atoms with Crippen molar-refractivity contribution in [2.75, 3.05) is 19.7 Å². The maximum Gasteiger partial charge on any atom is 0.275 e. The first-order chi connectivity index (χ1) is 8.77. The summed E-state index contributed by atoms with van der Waals surface area (Å²) in [4.78, 5) is 14.0. The molecule has 0 bridgehead atoms. The van der Waals surface area contributed by atoms with Crippen molar-refractivity contribution >= 4 is 16.8 Å². The standard InChI is InChI=1S/C13H17N3O2/c1-2-7-16(8-9-17)13(18)12-10-5-3-4-6-11(10)14-15-12/h3-6,17H,2,7-9H2,1H3,(H,14,15). The quantitative estimate of drug-likeness (QED) is 0.839. The molecule has 1 aromatic carbocycles. The minimum Gasteiger partial charge on any atom is -0.395 e. The Bertz CT molecular complexity index is 530. The number of aromatic amines is 1. The van der Waals surface area contributed by atoms with Gasteiger partial charge in [-0.3, -0.25) is 9.89 Å². The maximum atomic E-state index is 12.3. The van der Waals surface area contributed by atoms with Crippen LogP contribution in [0.5, 0.6) is 0 Å². The van der Waals surface area contributed by atoms with Crippen LogP contribution in [0.15, 0.2) is 24.3 Å². The predicted molar refractivity (Wildman–Crippen MR) is 69.4 cm³/mol. The van der Waals surface area contributed by atoms with Crippen LogP contribution >= 0.6 is 0 Å². The topological polar surface area (TPSA) is 69.2 Å². The Labute approximate surface area is 105 Å². The molecule has 5 nitrogen and oxygen atoms in total. The third-order valence-corrected chi connectivity index (χ3v) is 2.82. The van der Waals surface area contributed by atoms with Crippen molar-refractivity contribution in [3.8, 4) is 0 Å². The molecule has 0 saturated heterocycles. The number of carbonyl (C=O) groups is 1. The highest BCUT2D eigenvalue weighted by atomic mass is 16.3. The Balaban J connectivity index is 2.31. The summed E-state index contributed by atoms with van der Waals surface area (Å²) in [5.74, 6) is -0.136. The van der Waals surface area contributed by atoms with Gasteiger partial charge >= 0.3 is 0 Å². The van der Waals surface area contributed by atoms with E-state index in [9.17, 15) is 4.79 Å². The first-order valence-electron chi connectivity index (χ1n) is 6.11. The number of hydrogen-bond donors (Lipinski definition) is 2. The van der Waals surface area contributed by atoms with Crippen LogP contribution < -0.4 is 0 Å². The number of aromatic nitrogens is 2. The van der Waals surface area contributed by atoms with E-state index < -0.39 is 0 Å². The third kappa shape index (κ3) is 2.36. The smallest absolute Gasteiger partial charge is 0.275 e. The summed E-state index contributed by atoms with van der Waals surface area (Å²) in [5, 5.41) is 16.8. The molecule has 0 atom stereocenters. The van der Waals surface area contributed by atoms with Crippen LogP contribution in [0.2, 0.25) is 0 Å². The molecule has 1 amide bonds. The number of benzene rings is 1. The Hall–Kier alpha value is -1.88. The van der Waals surface area contributed by atoms with Crippen LogP contribution in [0.1, 0.15) is 23.8 Å². The summed E-state index contributed by atoms with van der Waals surface area (Å²) in [6, 6.07) is 7.53. The second-order valence-electron chi connectivity index (χ2n) is 4.13. The van der Waals surface area contributed by atoms with Crippen molar-refractivity contribution in [1.29, 1.82) is 0 Å². The number of para-hydroxylation sites is 1. The Morgan fingerprint density at radius 2 is 2.17 bits per heavy atom. The first-order valence-corrected chi connectivity index (χ1v) is 6.11. The Morgan fingerprint density at radius 3 is 2.89 bits per heavy atom. The van der Waals surface area contributed by atoms with Gasteiger partial charge in [0.25, 0.3) is 5.91 Å². The number of amides is 1. The lowest BCUT2D eigenvalue weighted by atomic mass is 10.2. The van der Waals surface area contributed by atoms with Crippen LogP contribution in [0.3, 0.4) is 0 Å². The van der Waals surface area contributed by atoms with Crippen molar-refractivity contribution in [2.45, 2.75) is 13.3 Å². The van der Waals surface area contributed by atoms with E-state index in [0.717, 1.165) is 17.3 Å². The zero-order valence-electron chi connectivity index (χ0n) is 10.4. The van der Waals surface area contributed by atoms with Crippen molar-refractivity contribution in [1.82, 2.24) is 15.1 Å². The maximum absolute atomic E-state index is 12.3. The van der Waals surface area contributed by atoms with Gasteiger partial charge in [-0.05, 0) is 12.5 Å². The number of nitrogens with one attached hydrogen (secondary N) is 1. The van der Waals surface area contributed by atoms with Crippen LogP contribution in [-0.4, -0.2) is 45.8 Å². The summed E-state index contributed by atoms with van der Waals surface area (Å²) in [6.07, 6.45) is 0.855. The van der Waals surface area contributed by atoms with E-state index in [1.165, 1.54) is 0 Å².